The Balaban J connectivity index is 1.62. The molecule has 3 nitrogen and oxygen atoms in total. The molecule has 0 aromatic heterocycles. The monoisotopic (exact) mass is 367 g/mol. The number of rotatable bonds is 9. The van der Waals surface area contributed by atoms with E-state index in [2.05, 4.69) is 42.5 Å². The van der Waals surface area contributed by atoms with E-state index in [1.54, 1.807) is 7.11 Å². The lowest BCUT2D eigenvalue weighted by atomic mass is 9.79. The molecule has 0 saturated carbocycles. The maximum Gasteiger partial charge on any atom is 0.118 e. The summed E-state index contributed by atoms with van der Waals surface area (Å²) in [6.45, 7) is 0.960. The molecule has 0 amide bonds. The third kappa shape index (κ3) is 5.33. The van der Waals surface area contributed by atoms with Crippen LogP contribution in [0.25, 0.3) is 0 Å². The fourth-order valence-corrected chi connectivity index (χ4v) is 4.30. The standard InChI is InChI=1S/C24H33NO2/c1-27-24-11-6-18(7-12-24)14-19-5-8-21-16-22(10-9-20(21)15-19)23(17-25)4-2-3-13-26/h6-7,9-12,16,19,23,26H,2-5,8,13-15,17,25H2,1H3/t19-,23-/m0/s1. The molecule has 3 rings (SSSR count). The summed E-state index contributed by atoms with van der Waals surface area (Å²) >= 11 is 0. The van der Waals surface area contributed by atoms with Gasteiger partial charge in [-0.25, -0.2) is 0 Å². The second-order valence-electron chi connectivity index (χ2n) is 7.84. The quantitative estimate of drug-likeness (QED) is 0.652. The largest absolute Gasteiger partial charge is 0.497 e. The van der Waals surface area contributed by atoms with E-state index in [4.69, 9.17) is 15.6 Å². The van der Waals surface area contributed by atoms with Crippen LogP contribution in [-0.2, 0) is 19.3 Å². The zero-order valence-electron chi connectivity index (χ0n) is 16.5. The molecule has 3 N–H and O–H groups in total. The Morgan fingerprint density at radius 3 is 2.63 bits per heavy atom. The van der Waals surface area contributed by atoms with Crippen molar-refractivity contribution in [1.82, 2.24) is 0 Å². The van der Waals surface area contributed by atoms with Crippen LogP contribution in [0.1, 0.15) is 53.9 Å². The van der Waals surface area contributed by atoms with E-state index in [1.807, 2.05) is 0 Å². The van der Waals surface area contributed by atoms with E-state index in [9.17, 15) is 0 Å². The molecular formula is C24H33NO2. The fourth-order valence-electron chi connectivity index (χ4n) is 4.30. The minimum atomic E-state index is 0.275. The second-order valence-corrected chi connectivity index (χ2v) is 7.84. The summed E-state index contributed by atoms with van der Waals surface area (Å²) in [7, 11) is 1.71. The van der Waals surface area contributed by atoms with Crippen LogP contribution in [0.15, 0.2) is 42.5 Å². The van der Waals surface area contributed by atoms with E-state index in [0.717, 1.165) is 37.9 Å². The van der Waals surface area contributed by atoms with Gasteiger partial charge in [-0.05, 0) is 91.3 Å². The van der Waals surface area contributed by atoms with Crippen LogP contribution in [0.2, 0.25) is 0 Å². The molecule has 1 aliphatic rings. The van der Waals surface area contributed by atoms with Gasteiger partial charge in [0.25, 0.3) is 0 Å². The van der Waals surface area contributed by atoms with Gasteiger partial charge in [-0.2, -0.15) is 0 Å². The predicted molar refractivity (Wildman–Crippen MR) is 111 cm³/mol. The van der Waals surface area contributed by atoms with Crippen molar-refractivity contribution in [2.24, 2.45) is 11.7 Å². The van der Waals surface area contributed by atoms with Crippen molar-refractivity contribution in [2.45, 2.75) is 50.9 Å². The molecule has 0 fully saturated rings. The van der Waals surface area contributed by atoms with Gasteiger partial charge < -0.3 is 15.6 Å². The first kappa shape index (κ1) is 19.9. The topological polar surface area (TPSA) is 55.5 Å². The highest BCUT2D eigenvalue weighted by atomic mass is 16.5. The van der Waals surface area contributed by atoms with Crippen molar-refractivity contribution in [2.75, 3.05) is 20.3 Å². The number of ether oxygens (including phenoxy) is 1. The van der Waals surface area contributed by atoms with Gasteiger partial charge in [0.15, 0.2) is 0 Å². The summed E-state index contributed by atoms with van der Waals surface area (Å²) in [5.41, 5.74) is 11.8. The molecule has 0 aliphatic heterocycles. The molecule has 0 bridgehead atoms. The maximum absolute atomic E-state index is 9.00. The maximum atomic E-state index is 9.00. The molecule has 0 unspecified atom stereocenters. The van der Waals surface area contributed by atoms with Gasteiger partial charge >= 0.3 is 0 Å². The zero-order chi connectivity index (χ0) is 19.1. The molecular weight excluding hydrogens is 334 g/mol. The lowest BCUT2D eigenvalue weighted by molar-refractivity contribution is 0.281. The number of benzene rings is 2. The highest BCUT2D eigenvalue weighted by Crippen LogP contribution is 2.31. The summed E-state index contributed by atoms with van der Waals surface area (Å²) in [6.07, 6.45) is 7.69. The Kier molecular flexibility index (Phi) is 7.31. The Hall–Kier alpha value is -1.84. The van der Waals surface area contributed by atoms with Crippen molar-refractivity contribution in [3.8, 4) is 5.75 Å². The average Bonchev–Trinajstić information content (AvgIpc) is 2.71. The molecule has 1 aliphatic carbocycles. The van der Waals surface area contributed by atoms with Gasteiger partial charge in [0.2, 0.25) is 0 Å². The zero-order valence-corrected chi connectivity index (χ0v) is 16.5. The summed E-state index contributed by atoms with van der Waals surface area (Å²) in [6, 6.07) is 15.5. The van der Waals surface area contributed by atoms with Crippen molar-refractivity contribution in [1.29, 1.82) is 0 Å². The Morgan fingerprint density at radius 2 is 1.93 bits per heavy atom. The highest BCUT2D eigenvalue weighted by molar-refractivity contribution is 5.36. The van der Waals surface area contributed by atoms with Crippen LogP contribution >= 0.6 is 0 Å². The highest BCUT2D eigenvalue weighted by Gasteiger charge is 2.20. The minimum Gasteiger partial charge on any atom is -0.497 e. The SMILES string of the molecule is COc1ccc(C[C@@H]2CCc3cc([C@H](CN)CCCCO)ccc3C2)cc1. The molecule has 0 spiro atoms. The summed E-state index contributed by atoms with van der Waals surface area (Å²) < 4.78 is 5.25. The molecule has 146 valence electrons. The van der Waals surface area contributed by atoms with Gasteiger partial charge in [0.05, 0.1) is 7.11 Å². The first-order chi connectivity index (χ1) is 13.2. The number of nitrogens with two attached hydrogens (primary N) is 1. The molecule has 2 atom stereocenters. The number of unbranched alkanes of at least 4 members (excludes halogenated alkanes) is 1. The predicted octanol–water partition coefficient (Wildman–Crippen LogP) is 4.25. The number of hydrogen-bond donors (Lipinski definition) is 2. The van der Waals surface area contributed by atoms with E-state index < -0.39 is 0 Å². The normalized spacial score (nSPS) is 17.4. The summed E-state index contributed by atoms with van der Waals surface area (Å²) in [4.78, 5) is 0. The number of methoxy groups -OCH3 is 1. The average molecular weight is 368 g/mol. The van der Waals surface area contributed by atoms with Crippen LogP contribution in [0.3, 0.4) is 0 Å². The van der Waals surface area contributed by atoms with Gasteiger partial charge in [-0.15, -0.1) is 0 Å². The molecule has 2 aromatic carbocycles. The minimum absolute atomic E-state index is 0.275. The first-order valence-corrected chi connectivity index (χ1v) is 10.3. The molecule has 0 saturated heterocycles. The van der Waals surface area contributed by atoms with Crippen molar-refractivity contribution in [3.05, 3.63) is 64.7 Å². The number of aryl methyl sites for hydroxylation is 1. The fraction of sp³-hybridized carbons (Fsp3) is 0.500. The van der Waals surface area contributed by atoms with E-state index >= 15 is 0 Å². The number of aliphatic hydroxyl groups is 1. The van der Waals surface area contributed by atoms with Crippen LogP contribution in [0.4, 0.5) is 0 Å². The van der Waals surface area contributed by atoms with Crippen LogP contribution in [0.5, 0.6) is 5.75 Å². The molecule has 2 aromatic rings. The van der Waals surface area contributed by atoms with E-state index in [-0.39, 0.29) is 6.61 Å². The molecule has 0 radical (unpaired) electrons. The number of fused-ring (bicyclic) bond motifs is 1. The molecule has 27 heavy (non-hydrogen) atoms. The van der Waals surface area contributed by atoms with Gasteiger partial charge in [0, 0.05) is 6.61 Å². The molecule has 0 heterocycles. The first-order valence-electron chi connectivity index (χ1n) is 10.3. The third-order valence-corrected chi connectivity index (χ3v) is 5.96. The number of aliphatic hydroxyl groups excluding tert-OH is 1. The van der Waals surface area contributed by atoms with E-state index in [1.165, 1.54) is 35.1 Å². The third-order valence-electron chi connectivity index (χ3n) is 5.96. The van der Waals surface area contributed by atoms with E-state index in [0.29, 0.717) is 18.4 Å². The van der Waals surface area contributed by atoms with Crippen LogP contribution < -0.4 is 10.5 Å². The lowest BCUT2D eigenvalue weighted by Crippen LogP contribution is -2.18. The van der Waals surface area contributed by atoms with Crippen molar-refractivity contribution < 1.29 is 9.84 Å². The van der Waals surface area contributed by atoms with Gasteiger partial charge in [-0.1, -0.05) is 36.8 Å². The van der Waals surface area contributed by atoms with Crippen molar-refractivity contribution >= 4 is 0 Å². The van der Waals surface area contributed by atoms with Gasteiger partial charge in [0.1, 0.15) is 5.75 Å². The van der Waals surface area contributed by atoms with Crippen molar-refractivity contribution in [3.63, 3.8) is 0 Å². The van der Waals surface area contributed by atoms with Crippen LogP contribution in [0, 0.1) is 5.92 Å². The Labute approximate surface area is 163 Å². The molecule has 3 heteroatoms. The smallest absolute Gasteiger partial charge is 0.118 e. The Morgan fingerprint density at radius 1 is 1.11 bits per heavy atom. The lowest BCUT2D eigenvalue weighted by Gasteiger charge is -2.26. The second kappa shape index (κ2) is 9.91. The number of hydrogen-bond acceptors (Lipinski definition) is 3. The van der Waals surface area contributed by atoms with Crippen LogP contribution in [-0.4, -0.2) is 25.4 Å². The summed E-state index contributed by atoms with van der Waals surface area (Å²) in [5, 5.41) is 9.00. The Bertz CT molecular complexity index is 711. The van der Waals surface area contributed by atoms with Gasteiger partial charge in [-0.3, -0.25) is 0 Å². The summed E-state index contributed by atoms with van der Waals surface area (Å²) in [5.74, 6) is 2.05.